The van der Waals surface area contributed by atoms with Crippen molar-refractivity contribution in [3.8, 4) is 11.4 Å². The first-order chi connectivity index (χ1) is 11.4. The van der Waals surface area contributed by atoms with E-state index in [0.29, 0.717) is 19.0 Å². The molecule has 0 amide bonds. The van der Waals surface area contributed by atoms with Crippen LogP contribution in [-0.4, -0.2) is 59.4 Å². The molecular weight excluding hydrogens is 326 g/mol. The van der Waals surface area contributed by atoms with E-state index in [1.807, 2.05) is 25.3 Å². The van der Waals surface area contributed by atoms with Crippen LogP contribution in [0.25, 0.3) is 11.4 Å². The standard InChI is InChI=1S/C16H23N5O2S/c1-12-8-16(19-18-12)15-5-4-13(10-17-15)9-14-6-7-21(11-14)24(22,23)20(2)3/h4-5,8,10,14H,6-7,9,11H2,1-3H3,(H,18,19)/t14-/m1/s1. The van der Waals surface area contributed by atoms with Crippen molar-refractivity contribution in [1.29, 1.82) is 0 Å². The lowest BCUT2D eigenvalue weighted by atomic mass is 10.00. The van der Waals surface area contributed by atoms with Crippen LogP contribution in [0, 0.1) is 12.8 Å². The van der Waals surface area contributed by atoms with Crippen LogP contribution >= 0.6 is 0 Å². The summed E-state index contributed by atoms with van der Waals surface area (Å²) in [6.07, 6.45) is 3.59. The molecule has 3 rings (SSSR count). The van der Waals surface area contributed by atoms with Crippen LogP contribution in [0.5, 0.6) is 0 Å². The second-order valence-corrected chi connectivity index (χ2v) is 8.64. The SMILES string of the molecule is Cc1cc(-c2ccc(C[C@H]3CCN(S(=O)(=O)N(C)C)C3)cn2)n[nH]1. The highest BCUT2D eigenvalue weighted by Gasteiger charge is 2.32. The lowest BCUT2D eigenvalue weighted by Crippen LogP contribution is -2.38. The third-order valence-corrected chi connectivity index (χ3v) is 6.26. The Morgan fingerprint density at radius 1 is 1.33 bits per heavy atom. The van der Waals surface area contributed by atoms with E-state index < -0.39 is 10.2 Å². The summed E-state index contributed by atoms with van der Waals surface area (Å²) in [5.41, 5.74) is 3.80. The van der Waals surface area contributed by atoms with E-state index in [2.05, 4.69) is 21.2 Å². The van der Waals surface area contributed by atoms with Crippen LogP contribution in [0.1, 0.15) is 17.7 Å². The first-order valence-corrected chi connectivity index (χ1v) is 9.41. The van der Waals surface area contributed by atoms with Gasteiger partial charge < -0.3 is 0 Å². The summed E-state index contributed by atoms with van der Waals surface area (Å²) in [5, 5.41) is 7.12. The van der Waals surface area contributed by atoms with Crippen molar-refractivity contribution >= 4 is 10.2 Å². The zero-order valence-electron chi connectivity index (χ0n) is 14.2. The molecule has 1 aliphatic heterocycles. The molecule has 1 fully saturated rings. The van der Waals surface area contributed by atoms with Gasteiger partial charge in [-0.15, -0.1) is 0 Å². The number of aryl methyl sites for hydroxylation is 1. The average Bonchev–Trinajstić information content (AvgIpc) is 3.17. The molecule has 3 heterocycles. The molecule has 24 heavy (non-hydrogen) atoms. The van der Waals surface area contributed by atoms with E-state index >= 15 is 0 Å². The number of rotatable bonds is 5. The van der Waals surface area contributed by atoms with Crippen LogP contribution in [-0.2, 0) is 16.6 Å². The van der Waals surface area contributed by atoms with Crippen LogP contribution in [0.2, 0.25) is 0 Å². The minimum atomic E-state index is -3.30. The fraction of sp³-hybridized carbons (Fsp3) is 0.500. The third kappa shape index (κ3) is 3.50. The van der Waals surface area contributed by atoms with Gasteiger partial charge in [-0.25, -0.2) is 0 Å². The average molecular weight is 349 g/mol. The van der Waals surface area contributed by atoms with Crippen molar-refractivity contribution in [2.24, 2.45) is 5.92 Å². The largest absolute Gasteiger partial charge is 0.282 e. The Bertz CT molecular complexity index is 798. The molecule has 8 heteroatoms. The zero-order valence-corrected chi connectivity index (χ0v) is 15.0. The van der Waals surface area contributed by atoms with Gasteiger partial charge in [0.2, 0.25) is 0 Å². The highest BCUT2D eigenvalue weighted by molar-refractivity contribution is 7.86. The Balaban J connectivity index is 1.63. The van der Waals surface area contributed by atoms with Crippen molar-refractivity contribution in [3.63, 3.8) is 0 Å². The first-order valence-electron chi connectivity index (χ1n) is 8.01. The Morgan fingerprint density at radius 2 is 2.12 bits per heavy atom. The maximum atomic E-state index is 12.2. The molecule has 7 nitrogen and oxygen atoms in total. The first kappa shape index (κ1) is 17.1. The highest BCUT2D eigenvalue weighted by atomic mass is 32.2. The number of aromatic amines is 1. The van der Waals surface area contributed by atoms with Gasteiger partial charge in [0.1, 0.15) is 5.69 Å². The second kappa shape index (κ2) is 6.62. The van der Waals surface area contributed by atoms with Crippen LogP contribution in [0.3, 0.4) is 0 Å². The van der Waals surface area contributed by atoms with Crippen molar-refractivity contribution in [3.05, 3.63) is 35.7 Å². The van der Waals surface area contributed by atoms with Gasteiger partial charge in [0.05, 0.1) is 5.69 Å². The molecule has 0 aliphatic carbocycles. The minimum Gasteiger partial charge on any atom is -0.282 e. The lowest BCUT2D eigenvalue weighted by Gasteiger charge is -2.20. The van der Waals surface area contributed by atoms with Gasteiger partial charge in [-0.05, 0) is 43.4 Å². The monoisotopic (exact) mass is 349 g/mol. The number of nitrogens with one attached hydrogen (secondary N) is 1. The summed E-state index contributed by atoms with van der Waals surface area (Å²) in [4.78, 5) is 4.48. The van der Waals surface area contributed by atoms with Crippen molar-refractivity contribution in [2.45, 2.75) is 19.8 Å². The maximum absolute atomic E-state index is 12.2. The van der Waals surface area contributed by atoms with E-state index in [0.717, 1.165) is 35.5 Å². The maximum Gasteiger partial charge on any atom is 0.281 e. The quantitative estimate of drug-likeness (QED) is 0.886. The lowest BCUT2D eigenvalue weighted by molar-refractivity contribution is 0.409. The van der Waals surface area contributed by atoms with Crippen molar-refractivity contribution in [2.75, 3.05) is 27.2 Å². The van der Waals surface area contributed by atoms with E-state index in [9.17, 15) is 8.42 Å². The molecule has 0 radical (unpaired) electrons. The number of nitrogens with zero attached hydrogens (tertiary/aromatic N) is 4. The Hall–Kier alpha value is -1.77. The smallest absolute Gasteiger partial charge is 0.281 e. The van der Waals surface area contributed by atoms with Crippen molar-refractivity contribution < 1.29 is 8.42 Å². The number of hydrogen-bond donors (Lipinski definition) is 1. The van der Waals surface area contributed by atoms with Crippen LogP contribution in [0.15, 0.2) is 24.4 Å². The summed E-state index contributed by atoms with van der Waals surface area (Å²) < 4.78 is 27.2. The Kier molecular flexibility index (Phi) is 4.71. The molecule has 2 aromatic rings. The summed E-state index contributed by atoms with van der Waals surface area (Å²) >= 11 is 0. The van der Waals surface area contributed by atoms with Gasteiger partial charge in [0.15, 0.2) is 0 Å². The molecule has 1 N–H and O–H groups in total. The summed E-state index contributed by atoms with van der Waals surface area (Å²) in [6, 6.07) is 5.98. The molecule has 1 saturated heterocycles. The highest BCUT2D eigenvalue weighted by Crippen LogP contribution is 2.24. The van der Waals surface area contributed by atoms with E-state index in [-0.39, 0.29) is 0 Å². The molecule has 2 aromatic heterocycles. The fourth-order valence-electron chi connectivity index (χ4n) is 2.98. The second-order valence-electron chi connectivity index (χ2n) is 6.49. The van der Waals surface area contributed by atoms with E-state index in [1.165, 1.54) is 4.31 Å². The van der Waals surface area contributed by atoms with E-state index in [1.54, 1.807) is 18.4 Å². The number of H-pyrrole nitrogens is 1. The van der Waals surface area contributed by atoms with Gasteiger partial charge >= 0.3 is 0 Å². The molecule has 0 aromatic carbocycles. The van der Waals surface area contributed by atoms with Gasteiger partial charge in [-0.2, -0.15) is 22.1 Å². The predicted molar refractivity (Wildman–Crippen MR) is 92.5 cm³/mol. The number of hydrogen-bond acceptors (Lipinski definition) is 4. The molecule has 0 unspecified atom stereocenters. The minimum absolute atomic E-state index is 0.333. The van der Waals surface area contributed by atoms with Gasteiger partial charge in [0, 0.05) is 39.1 Å². The third-order valence-electron chi connectivity index (χ3n) is 4.35. The van der Waals surface area contributed by atoms with Gasteiger partial charge in [0.25, 0.3) is 10.2 Å². The Labute approximate surface area is 142 Å². The molecule has 0 spiro atoms. The Morgan fingerprint density at radius 3 is 2.71 bits per heavy atom. The molecule has 1 aliphatic rings. The zero-order chi connectivity index (χ0) is 17.3. The molecule has 1 atom stereocenters. The summed E-state index contributed by atoms with van der Waals surface area (Å²) in [5.74, 6) is 0.333. The van der Waals surface area contributed by atoms with Gasteiger partial charge in [-0.1, -0.05) is 6.07 Å². The summed E-state index contributed by atoms with van der Waals surface area (Å²) in [7, 11) is -0.160. The number of pyridine rings is 1. The molecule has 130 valence electrons. The number of aromatic nitrogens is 3. The normalized spacial score (nSPS) is 19.2. The van der Waals surface area contributed by atoms with Gasteiger partial charge in [-0.3, -0.25) is 10.1 Å². The summed E-state index contributed by atoms with van der Waals surface area (Å²) in [6.45, 7) is 3.11. The predicted octanol–water partition coefficient (Wildman–Crippen LogP) is 1.45. The van der Waals surface area contributed by atoms with E-state index in [4.69, 9.17) is 0 Å². The topological polar surface area (TPSA) is 82.2 Å². The van der Waals surface area contributed by atoms with Crippen molar-refractivity contribution in [1.82, 2.24) is 23.8 Å². The molecule has 0 bridgehead atoms. The fourth-order valence-corrected chi connectivity index (χ4v) is 4.18. The molecular formula is C16H23N5O2S. The molecule has 0 saturated carbocycles. The van der Waals surface area contributed by atoms with Crippen LogP contribution in [0.4, 0.5) is 0 Å². The van der Waals surface area contributed by atoms with Crippen LogP contribution < -0.4 is 0 Å².